The summed E-state index contributed by atoms with van der Waals surface area (Å²) in [7, 11) is 1.41. The molecule has 0 bridgehead atoms. The molecule has 196 valence electrons. The third-order valence-electron chi connectivity index (χ3n) is 8.22. The largest absolute Gasteiger partial charge is 0.465 e. The van der Waals surface area contributed by atoms with Crippen LogP contribution in [0.25, 0.3) is 22.2 Å². The molecule has 37 heavy (non-hydrogen) atoms. The Morgan fingerprint density at radius 1 is 1.14 bits per heavy atom. The molecule has 0 radical (unpaired) electrons. The van der Waals surface area contributed by atoms with E-state index >= 15 is 0 Å². The highest BCUT2D eigenvalue weighted by atomic mass is 16.6. The van der Waals surface area contributed by atoms with E-state index in [2.05, 4.69) is 49.6 Å². The number of carbonyl (C=O) groups is 2. The molecule has 1 aliphatic carbocycles. The van der Waals surface area contributed by atoms with Crippen LogP contribution in [0.3, 0.4) is 0 Å². The quantitative estimate of drug-likeness (QED) is 0.328. The molecular weight excluding hydrogens is 462 g/mol. The van der Waals surface area contributed by atoms with Crippen LogP contribution in [0.5, 0.6) is 0 Å². The van der Waals surface area contributed by atoms with Gasteiger partial charge in [-0.2, -0.15) is 0 Å². The van der Waals surface area contributed by atoms with Crippen molar-refractivity contribution < 1.29 is 19.1 Å². The monoisotopic (exact) mass is 501 g/mol. The zero-order valence-electron chi connectivity index (χ0n) is 23.2. The molecule has 2 aromatic carbocycles. The van der Waals surface area contributed by atoms with E-state index < -0.39 is 11.0 Å². The van der Waals surface area contributed by atoms with Gasteiger partial charge >= 0.3 is 11.9 Å². The van der Waals surface area contributed by atoms with E-state index in [1.807, 2.05) is 32.9 Å². The zero-order valence-corrected chi connectivity index (χ0v) is 23.2. The summed E-state index contributed by atoms with van der Waals surface area (Å²) >= 11 is 0. The summed E-state index contributed by atoms with van der Waals surface area (Å²) in [6.07, 6.45) is 3.98. The number of methoxy groups -OCH3 is 1. The van der Waals surface area contributed by atoms with Gasteiger partial charge < -0.3 is 14.0 Å². The van der Waals surface area contributed by atoms with Crippen molar-refractivity contribution >= 4 is 22.8 Å². The van der Waals surface area contributed by atoms with Gasteiger partial charge in [0.1, 0.15) is 5.60 Å². The van der Waals surface area contributed by atoms with Crippen LogP contribution < -0.4 is 0 Å². The Kier molecular flexibility index (Phi) is 6.24. The maximum absolute atomic E-state index is 13.8. The molecule has 3 aromatic rings. The van der Waals surface area contributed by atoms with Gasteiger partial charge in [0.25, 0.3) is 0 Å². The number of nitrogens with zero attached hydrogens (tertiary/aromatic N) is 1. The summed E-state index contributed by atoms with van der Waals surface area (Å²) in [4.78, 5) is 26.3. The first-order chi connectivity index (χ1) is 17.5. The highest BCUT2D eigenvalue weighted by Gasteiger charge is 2.64. The molecule has 2 heterocycles. The van der Waals surface area contributed by atoms with E-state index in [0.717, 1.165) is 36.6 Å². The summed E-state index contributed by atoms with van der Waals surface area (Å²) in [5, 5.41) is 1.16. The summed E-state index contributed by atoms with van der Waals surface area (Å²) in [6, 6.07) is 12.6. The number of fused-ring (bicyclic) bond motifs is 7. The molecular formula is C32H39NO4. The lowest BCUT2D eigenvalue weighted by Gasteiger charge is -2.25. The first kappa shape index (κ1) is 25.6. The molecule has 3 unspecified atom stereocenters. The summed E-state index contributed by atoms with van der Waals surface area (Å²) in [6.45, 7) is 12.9. The van der Waals surface area contributed by atoms with Crippen LogP contribution in [-0.2, 0) is 20.8 Å². The summed E-state index contributed by atoms with van der Waals surface area (Å²) in [5.41, 5.74) is 6.53. The molecule has 5 heteroatoms. The fourth-order valence-electron chi connectivity index (χ4n) is 6.42. The molecule has 2 aliphatic rings. The third-order valence-corrected chi connectivity index (χ3v) is 8.22. The summed E-state index contributed by atoms with van der Waals surface area (Å²) in [5.74, 6) is 0.0257. The molecule has 5 rings (SSSR count). The van der Waals surface area contributed by atoms with Crippen molar-refractivity contribution in [3.63, 3.8) is 0 Å². The van der Waals surface area contributed by atoms with E-state index in [4.69, 9.17) is 9.47 Å². The van der Waals surface area contributed by atoms with E-state index in [1.54, 1.807) is 0 Å². The molecule has 1 aromatic heterocycles. The van der Waals surface area contributed by atoms with Crippen molar-refractivity contribution in [3.05, 3.63) is 58.7 Å². The van der Waals surface area contributed by atoms with Gasteiger partial charge in [-0.1, -0.05) is 50.1 Å². The van der Waals surface area contributed by atoms with Crippen LogP contribution >= 0.6 is 0 Å². The standard InChI is InChI=1S/C32H39NO4/c1-8-10-20(9-2)27-23-14-12-21(29(34)36-7)16-26(23)33-18-32(30(35)37-31(4,5)6)17-25(32)24-15-19(3)11-13-22(24)28(27)33/h11-16,20,25H,8-10,17-18H2,1-7H3. The Labute approximate surface area is 220 Å². The van der Waals surface area contributed by atoms with Gasteiger partial charge in [-0.3, -0.25) is 4.79 Å². The van der Waals surface area contributed by atoms with Crippen molar-refractivity contribution in [2.24, 2.45) is 5.41 Å². The topological polar surface area (TPSA) is 57.5 Å². The molecule has 0 N–H and O–H groups in total. The maximum atomic E-state index is 13.8. The van der Waals surface area contributed by atoms with E-state index in [0.29, 0.717) is 18.0 Å². The predicted molar refractivity (Wildman–Crippen MR) is 147 cm³/mol. The summed E-state index contributed by atoms with van der Waals surface area (Å²) < 4.78 is 13.4. The number of hydrogen-bond acceptors (Lipinski definition) is 4. The van der Waals surface area contributed by atoms with Crippen LogP contribution in [0.1, 0.15) is 99.2 Å². The minimum absolute atomic E-state index is 0.120. The molecule has 0 amide bonds. The molecule has 1 fully saturated rings. The van der Waals surface area contributed by atoms with Crippen LogP contribution in [0.15, 0.2) is 36.4 Å². The zero-order chi connectivity index (χ0) is 26.7. The molecule has 3 atom stereocenters. The van der Waals surface area contributed by atoms with Crippen LogP contribution in [-0.4, -0.2) is 29.2 Å². The van der Waals surface area contributed by atoms with Crippen molar-refractivity contribution in [2.75, 3.05) is 7.11 Å². The minimum atomic E-state index is -0.613. The van der Waals surface area contributed by atoms with Gasteiger partial charge in [-0.15, -0.1) is 0 Å². The smallest absolute Gasteiger partial charge is 0.337 e. The number of aryl methyl sites for hydroxylation is 1. The van der Waals surface area contributed by atoms with Crippen molar-refractivity contribution in [2.45, 2.75) is 91.2 Å². The molecule has 0 spiro atoms. The van der Waals surface area contributed by atoms with Gasteiger partial charge in [0, 0.05) is 28.9 Å². The van der Waals surface area contributed by atoms with E-state index in [9.17, 15) is 9.59 Å². The maximum Gasteiger partial charge on any atom is 0.337 e. The number of carbonyl (C=O) groups excluding carboxylic acids is 2. The van der Waals surface area contributed by atoms with Crippen LogP contribution in [0.2, 0.25) is 0 Å². The molecule has 1 aliphatic heterocycles. The third kappa shape index (κ3) is 4.17. The van der Waals surface area contributed by atoms with Crippen LogP contribution in [0.4, 0.5) is 0 Å². The second-order valence-electron chi connectivity index (χ2n) is 12.0. The van der Waals surface area contributed by atoms with Gasteiger partial charge in [0.15, 0.2) is 0 Å². The SMILES string of the molecule is CCCC(CC)c1c2n(c3cc(C(=O)OC)ccc13)CC1(C(=O)OC(C)(C)C)CC1c1cc(C)ccc1-2. The average Bonchev–Trinajstić information content (AvgIpc) is 3.52. The Balaban J connectivity index is 1.83. The molecule has 5 nitrogen and oxygen atoms in total. The lowest BCUT2D eigenvalue weighted by molar-refractivity contribution is -0.162. The number of aromatic nitrogens is 1. The molecule has 1 saturated carbocycles. The number of hydrogen-bond donors (Lipinski definition) is 0. The average molecular weight is 502 g/mol. The van der Waals surface area contributed by atoms with Crippen molar-refractivity contribution in [1.82, 2.24) is 4.57 Å². The van der Waals surface area contributed by atoms with Gasteiger partial charge in [-0.25, -0.2) is 4.79 Å². The van der Waals surface area contributed by atoms with E-state index in [1.165, 1.54) is 35.1 Å². The number of ether oxygens (including phenoxy) is 2. The second kappa shape index (κ2) is 9.04. The highest BCUT2D eigenvalue weighted by Crippen LogP contribution is 2.65. The van der Waals surface area contributed by atoms with E-state index in [-0.39, 0.29) is 17.9 Å². The number of esters is 2. The Hall–Kier alpha value is -3.08. The predicted octanol–water partition coefficient (Wildman–Crippen LogP) is 7.53. The number of benzene rings is 2. The fraction of sp³-hybridized carbons (Fsp3) is 0.500. The first-order valence-electron chi connectivity index (χ1n) is 13.6. The Morgan fingerprint density at radius 2 is 1.89 bits per heavy atom. The van der Waals surface area contributed by atoms with Crippen molar-refractivity contribution in [1.29, 1.82) is 0 Å². The Morgan fingerprint density at radius 3 is 2.54 bits per heavy atom. The van der Waals surface area contributed by atoms with Gasteiger partial charge in [0.05, 0.1) is 23.8 Å². The minimum Gasteiger partial charge on any atom is -0.465 e. The lowest BCUT2D eigenvalue weighted by atomic mass is 9.86. The lowest BCUT2D eigenvalue weighted by Crippen LogP contribution is -2.32. The molecule has 0 saturated heterocycles. The fourth-order valence-corrected chi connectivity index (χ4v) is 6.42. The van der Waals surface area contributed by atoms with Crippen molar-refractivity contribution in [3.8, 4) is 11.3 Å². The van der Waals surface area contributed by atoms with Crippen LogP contribution in [0, 0.1) is 12.3 Å². The second-order valence-corrected chi connectivity index (χ2v) is 12.0. The Bertz CT molecular complexity index is 1390. The van der Waals surface area contributed by atoms with Gasteiger partial charge in [-0.05, 0) is 76.1 Å². The number of rotatable bonds is 6. The first-order valence-corrected chi connectivity index (χ1v) is 13.6. The highest BCUT2D eigenvalue weighted by molar-refractivity contribution is 6.00. The van der Waals surface area contributed by atoms with Gasteiger partial charge in [0.2, 0.25) is 0 Å². The normalized spacial score (nSPS) is 20.9.